The van der Waals surface area contributed by atoms with Crippen LogP contribution in [0.25, 0.3) is 0 Å². The number of rotatable bonds is 7. The Morgan fingerprint density at radius 3 is 2.37 bits per heavy atom. The fourth-order valence-corrected chi connectivity index (χ4v) is 2.11. The number of hydrogen-bond acceptors (Lipinski definition) is 2. The molecule has 0 radical (unpaired) electrons. The summed E-state index contributed by atoms with van der Waals surface area (Å²) in [4.78, 5) is 11.2. The van der Waals surface area contributed by atoms with Gasteiger partial charge in [0, 0.05) is 0 Å². The average molecular weight is 264 g/mol. The first-order valence-corrected chi connectivity index (χ1v) is 6.99. The number of carboxylic acid groups (broad SMARTS) is 1. The third-order valence-electron chi connectivity index (χ3n) is 3.27. The Morgan fingerprint density at radius 1 is 1.26 bits per heavy atom. The van der Waals surface area contributed by atoms with Gasteiger partial charge < -0.3 is 9.84 Å². The van der Waals surface area contributed by atoms with E-state index in [9.17, 15) is 9.90 Å². The normalized spacial score (nSPS) is 11.1. The molecule has 0 unspecified atom stereocenters. The molecule has 1 rings (SSSR count). The van der Waals surface area contributed by atoms with Crippen LogP contribution in [0.15, 0.2) is 18.2 Å². The Hall–Kier alpha value is -1.51. The van der Waals surface area contributed by atoms with Gasteiger partial charge in [0.15, 0.2) is 0 Å². The Bertz CT molecular complexity index is 420. The first kappa shape index (κ1) is 15.5. The highest BCUT2D eigenvalue weighted by Crippen LogP contribution is 2.29. The lowest BCUT2D eigenvalue weighted by Crippen LogP contribution is -2.09. The second-order valence-corrected chi connectivity index (χ2v) is 5.28. The van der Waals surface area contributed by atoms with Crippen LogP contribution in [0.5, 0.6) is 5.75 Å². The SMILES string of the molecule is CCC(CC)c1ccc(C(=O)O)c(OCC(C)C)c1. The molecule has 1 N–H and O–H groups in total. The Balaban J connectivity index is 3.06. The zero-order chi connectivity index (χ0) is 14.4. The van der Waals surface area contributed by atoms with Gasteiger partial charge in [-0.05, 0) is 42.4 Å². The van der Waals surface area contributed by atoms with Crippen molar-refractivity contribution >= 4 is 5.97 Å². The van der Waals surface area contributed by atoms with E-state index in [1.807, 2.05) is 26.0 Å². The van der Waals surface area contributed by atoms with Crippen molar-refractivity contribution in [3.8, 4) is 5.75 Å². The number of carbonyl (C=O) groups is 1. The van der Waals surface area contributed by atoms with Crippen molar-refractivity contribution in [2.24, 2.45) is 5.92 Å². The first-order chi connectivity index (χ1) is 8.99. The van der Waals surface area contributed by atoms with Crippen molar-refractivity contribution in [3.05, 3.63) is 29.3 Å². The van der Waals surface area contributed by atoms with Gasteiger partial charge in [0.1, 0.15) is 11.3 Å². The third kappa shape index (κ3) is 4.27. The van der Waals surface area contributed by atoms with Gasteiger partial charge in [0.05, 0.1) is 6.61 Å². The fourth-order valence-electron chi connectivity index (χ4n) is 2.11. The molecule has 19 heavy (non-hydrogen) atoms. The summed E-state index contributed by atoms with van der Waals surface area (Å²) in [7, 11) is 0. The Morgan fingerprint density at radius 2 is 1.89 bits per heavy atom. The summed E-state index contributed by atoms with van der Waals surface area (Å²) in [6, 6.07) is 5.46. The van der Waals surface area contributed by atoms with Gasteiger partial charge in [0.2, 0.25) is 0 Å². The van der Waals surface area contributed by atoms with E-state index in [4.69, 9.17) is 4.74 Å². The molecule has 0 amide bonds. The monoisotopic (exact) mass is 264 g/mol. The van der Waals surface area contributed by atoms with Crippen LogP contribution in [-0.4, -0.2) is 17.7 Å². The van der Waals surface area contributed by atoms with E-state index in [0.29, 0.717) is 24.2 Å². The number of carboxylic acids is 1. The molecule has 0 saturated carbocycles. The predicted octanol–water partition coefficient (Wildman–Crippen LogP) is 4.32. The van der Waals surface area contributed by atoms with Gasteiger partial charge in [-0.1, -0.05) is 33.8 Å². The molecular weight excluding hydrogens is 240 g/mol. The summed E-state index contributed by atoms with van der Waals surface area (Å²) in [5.74, 6) is 0.392. The molecule has 0 aliphatic rings. The van der Waals surface area contributed by atoms with E-state index in [0.717, 1.165) is 18.4 Å². The highest BCUT2D eigenvalue weighted by atomic mass is 16.5. The molecule has 0 atom stereocenters. The maximum atomic E-state index is 11.2. The van der Waals surface area contributed by atoms with Crippen molar-refractivity contribution in [1.82, 2.24) is 0 Å². The maximum absolute atomic E-state index is 11.2. The summed E-state index contributed by atoms with van der Waals surface area (Å²) in [6.45, 7) is 8.92. The van der Waals surface area contributed by atoms with Crippen LogP contribution in [0.3, 0.4) is 0 Å². The number of benzene rings is 1. The van der Waals surface area contributed by atoms with Crippen LogP contribution in [-0.2, 0) is 0 Å². The second kappa shape index (κ2) is 7.17. The lowest BCUT2D eigenvalue weighted by Gasteiger charge is -2.17. The second-order valence-electron chi connectivity index (χ2n) is 5.28. The third-order valence-corrected chi connectivity index (χ3v) is 3.27. The molecule has 0 saturated heterocycles. The number of aromatic carboxylic acids is 1. The minimum atomic E-state index is -0.935. The lowest BCUT2D eigenvalue weighted by atomic mass is 9.93. The quantitative estimate of drug-likeness (QED) is 0.797. The average Bonchev–Trinajstić information content (AvgIpc) is 2.37. The fraction of sp³-hybridized carbons (Fsp3) is 0.562. The maximum Gasteiger partial charge on any atom is 0.339 e. The van der Waals surface area contributed by atoms with Crippen LogP contribution >= 0.6 is 0 Å². The summed E-state index contributed by atoms with van der Waals surface area (Å²) in [6.07, 6.45) is 2.10. The molecule has 1 aromatic carbocycles. The zero-order valence-corrected chi connectivity index (χ0v) is 12.3. The largest absolute Gasteiger partial charge is 0.492 e. The topological polar surface area (TPSA) is 46.5 Å². The van der Waals surface area contributed by atoms with Gasteiger partial charge in [0.25, 0.3) is 0 Å². The van der Waals surface area contributed by atoms with Crippen LogP contribution in [0.4, 0.5) is 0 Å². The minimum Gasteiger partial charge on any atom is -0.492 e. The van der Waals surface area contributed by atoms with E-state index in [2.05, 4.69) is 13.8 Å². The Kier molecular flexibility index (Phi) is 5.87. The van der Waals surface area contributed by atoms with Crippen molar-refractivity contribution < 1.29 is 14.6 Å². The van der Waals surface area contributed by atoms with Crippen LogP contribution in [0.1, 0.15) is 62.4 Å². The number of ether oxygens (including phenoxy) is 1. The smallest absolute Gasteiger partial charge is 0.339 e. The lowest BCUT2D eigenvalue weighted by molar-refractivity contribution is 0.0691. The van der Waals surface area contributed by atoms with Gasteiger partial charge in [-0.15, -0.1) is 0 Å². The number of hydrogen-bond donors (Lipinski definition) is 1. The molecule has 3 nitrogen and oxygen atoms in total. The highest BCUT2D eigenvalue weighted by molar-refractivity contribution is 5.91. The minimum absolute atomic E-state index is 0.246. The van der Waals surface area contributed by atoms with Gasteiger partial charge in [-0.25, -0.2) is 4.79 Å². The molecular formula is C16H24O3. The predicted molar refractivity (Wildman–Crippen MR) is 77.1 cm³/mol. The van der Waals surface area contributed by atoms with E-state index in [1.165, 1.54) is 0 Å². The highest BCUT2D eigenvalue weighted by Gasteiger charge is 2.15. The molecule has 0 spiro atoms. The molecule has 0 aliphatic carbocycles. The van der Waals surface area contributed by atoms with E-state index in [-0.39, 0.29) is 5.56 Å². The van der Waals surface area contributed by atoms with Crippen LogP contribution in [0, 0.1) is 5.92 Å². The summed E-state index contributed by atoms with van der Waals surface area (Å²) >= 11 is 0. The molecule has 0 fully saturated rings. The van der Waals surface area contributed by atoms with Crippen molar-refractivity contribution in [1.29, 1.82) is 0 Å². The Labute approximate surface area is 115 Å². The van der Waals surface area contributed by atoms with Crippen molar-refractivity contribution in [2.45, 2.75) is 46.5 Å². The van der Waals surface area contributed by atoms with E-state index in [1.54, 1.807) is 6.07 Å². The summed E-state index contributed by atoms with van der Waals surface area (Å²) < 4.78 is 5.66. The van der Waals surface area contributed by atoms with Crippen LogP contribution in [0.2, 0.25) is 0 Å². The van der Waals surface area contributed by atoms with Crippen LogP contribution < -0.4 is 4.74 Å². The molecule has 3 heteroatoms. The molecule has 1 aromatic rings. The summed E-state index contributed by atoms with van der Waals surface area (Å²) in [5, 5.41) is 9.19. The first-order valence-electron chi connectivity index (χ1n) is 6.99. The van der Waals surface area contributed by atoms with Crippen molar-refractivity contribution in [3.63, 3.8) is 0 Å². The van der Waals surface area contributed by atoms with Gasteiger partial charge >= 0.3 is 5.97 Å². The standard InChI is InChI=1S/C16H24O3/c1-5-12(6-2)13-7-8-14(16(17)18)15(9-13)19-10-11(3)4/h7-9,11-12H,5-6,10H2,1-4H3,(H,17,18). The molecule has 0 aliphatic heterocycles. The van der Waals surface area contributed by atoms with Gasteiger partial charge in [-0.3, -0.25) is 0 Å². The van der Waals surface area contributed by atoms with Crippen molar-refractivity contribution in [2.75, 3.05) is 6.61 Å². The zero-order valence-electron chi connectivity index (χ0n) is 12.3. The van der Waals surface area contributed by atoms with E-state index < -0.39 is 5.97 Å². The molecule has 0 heterocycles. The van der Waals surface area contributed by atoms with Gasteiger partial charge in [-0.2, -0.15) is 0 Å². The summed E-state index contributed by atoms with van der Waals surface area (Å²) in [5.41, 5.74) is 1.41. The molecule has 0 bridgehead atoms. The van der Waals surface area contributed by atoms with E-state index >= 15 is 0 Å². The molecule has 106 valence electrons. The molecule has 0 aromatic heterocycles.